The Balaban J connectivity index is 0. The lowest BCUT2D eigenvalue weighted by molar-refractivity contribution is -0.150. The number of carbonyl (C=O) groups is 3. The average molecular weight is 276 g/mol. The molecule has 0 fully saturated rings. The molecular weight excluding hydrogens is 252 g/mol. The highest BCUT2D eigenvalue weighted by atomic mass is 16.4. The summed E-state index contributed by atoms with van der Waals surface area (Å²) in [4.78, 5) is 30.6. The standard InChI is InChI=1S/C6H14N2O2.C6H10O3/c7-4-2-1-3-5(8)6(9)10;1-3-4(2)5(7)6(8)9/h5H,1-4,7-8H2,(H,9,10);4H,3H2,1-2H3,(H,8,9). The number of carbonyl (C=O) groups excluding carboxylic acids is 1. The first kappa shape index (κ1) is 19.9. The van der Waals surface area contributed by atoms with E-state index in [9.17, 15) is 14.4 Å². The van der Waals surface area contributed by atoms with Gasteiger partial charge in [-0.25, -0.2) is 4.79 Å². The van der Waals surface area contributed by atoms with Crippen molar-refractivity contribution in [3.05, 3.63) is 0 Å². The maximum Gasteiger partial charge on any atom is 0.372 e. The fraction of sp³-hybridized carbons (Fsp3) is 0.750. The van der Waals surface area contributed by atoms with Crippen LogP contribution >= 0.6 is 0 Å². The van der Waals surface area contributed by atoms with E-state index in [2.05, 4.69) is 0 Å². The SMILES string of the molecule is CCC(C)C(=O)C(=O)O.NCCCCC(N)C(=O)O. The van der Waals surface area contributed by atoms with Gasteiger partial charge < -0.3 is 21.7 Å². The van der Waals surface area contributed by atoms with Crippen LogP contribution in [0, 0.1) is 5.92 Å². The Morgan fingerprint density at radius 2 is 1.68 bits per heavy atom. The number of unbranched alkanes of at least 4 members (excludes halogenated alkanes) is 1. The van der Waals surface area contributed by atoms with Gasteiger partial charge in [0.05, 0.1) is 0 Å². The molecule has 0 aromatic heterocycles. The highest BCUT2D eigenvalue weighted by molar-refractivity contribution is 6.33. The van der Waals surface area contributed by atoms with Crippen molar-refractivity contribution in [3.8, 4) is 0 Å². The molecule has 0 aromatic rings. The molecule has 19 heavy (non-hydrogen) atoms. The molecule has 0 spiro atoms. The summed E-state index contributed by atoms with van der Waals surface area (Å²) in [7, 11) is 0. The zero-order valence-corrected chi connectivity index (χ0v) is 11.5. The predicted octanol–water partition coefficient (Wildman–Crippen LogP) is 0.214. The van der Waals surface area contributed by atoms with Crippen molar-refractivity contribution < 1.29 is 24.6 Å². The van der Waals surface area contributed by atoms with E-state index in [1.54, 1.807) is 13.8 Å². The number of aliphatic carboxylic acids is 2. The van der Waals surface area contributed by atoms with Crippen LogP contribution in [0.2, 0.25) is 0 Å². The molecule has 0 aliphatic carbocycles. The summed E-state index contributed by atoms with van der Waals surface area (Å²) < 4.78 is 0. The molecule has 0 saturated carbocycles. The zero-order valence-electron chi connectivity index (χ0n) is 11.5. The van der Waals surface area contributed by atoms with Crippen LogP contribution < -0.4 is 11.5 Å². The molecule has 0 bridgehead atoms. The lowest BCUT2D eigenvalue weighted by Crippen LogP contribution is -2.29. The first-order valence-electron chi connectivity index (χ1n) is 6.23. The van der Waals surface area contributed by atoms with Gasteiger partial charge >= 0.3 is 11.9 Å². The Labute approximate surface area is 113 Å². The Bertz CT molecular complexity index is 294. The molecule has 0 heterocycles. The summed E-state index contributed by atoms with van der Waals surface area (Å²) in [6.45, 7) is 3.99. The Hall–Kier alpha value is -1.47. The summed E-state index contributed by atoms with van der Waals surface area (Å²) in [6, 6.07) is -0.716. The number of hydrogen-bond acceptors (Lipinski definition) is 5. The molecule has 112 valence electrons. The number of rotatable bonds is 8. The van der Waals surface area contributed by atoms with Crippen molar-refractivity contribution in [2.24, 2.45) is 17.4 Å². The topological polar surface area (TPSA) is 144 Å². The van der Waals surface area contributed by atoms with Crippen molar-refractivity contribution in [3.63, 3.8) is 0 Å². The van der Waals surface area contributed by atoms with Crippen LogP contribution in [0.3, 0.4) is 0 Å². The second kappa shape index (κ2) is 11.6. The number of carboxylic acids is 2. The van der Waals surface area contributed by atoms with Crippen molar-refractivity contribution in [2.45, 2.75) is 45.6 Å². The molecule has 7 nitrogen and oxygen atoms in total. The predicted molar refractivity (Wildman–Crippen MR) is 70.6 cm³/mol. The molecule has 0 amide bonds. The molecule has 0 aliphatic heterocycles. The minimum atomic E-state index is -1.33. The first-order chi connectivity index (χ1) is 8.77. The monoisotopic (exact) mass is 276 g/mol. The van der Waals surface area contributed by atoms with Crippen LogP contribution in [0.1, 0.15) is 39.5 Å². The third-order valence-electron chi connectivity index (χ3n) is 2.56. The largest absolute Gasteiger partial charge is 0.480 e. The van der Waals surface area contributed by atoms with Gasteiger partial charge in [0.15, 0.2) is 0 Å². The lowest BCUT2D eigenvalue weighted by Gasteiger charge is -2.03. The summed E-state index contributed by atoms with van der Waals surface area (Å²) in [5.74, 6) is -3.30. The smallest absolute Gasteiger partial charge is 0.372 e. The second-order valence-electron chi connectivity index (χ2n) is 4.21. The van der Waals surface area contributed by atoms with Crippen LogP contribution in [-0.2, 0) is 14.4 Å². The van der Waals surface area contributed by atoms with E-state index in [1.165, 1.54) is 0 Å². The molecule has 0 rings (SSSR count). The van der Waals surface area contributed by atoms with Gasteiger partial charge in [-0.15, -0.1) is 0 Å². The molecule has 0 saturated heterocycles. The third kappa shape index (κ3) is 11.4. The summed E-state index contributed by atoms with van der Waals surface area (Å²) in [5, 5.41) is 16.5. The van der Waals surface area contributed by atoms with Gasteiger partial charge in [0.1, 0.15) is 6.04 Å². The Morgan fingerprint density at radius 3 is 1.95 bits per heavy atom. The normalized spacial score (nSPS) is 12.8. The maximum atomic E-state index is 10.5. The molecule has 0 aromatic carbocycles. The number of ketones is 1. The number of Topliss-reactive ketones (excluding diaryl/α,β-unsaturated/α-hetero) is 1. The molecular formula is C12H24N2O5. The quantitative estimate of drug-likeness (QED) is 0.366. The van der Waals surface area contributed by atoms with Crippen LogP contribution in [0.4, 0.5) is 0 Å². The Kier molecular flexibility index (Phi) is 12.1. The minimum absolute atomic E-state index is 0.345. The van der Waals surface area contributed by atoms with Crippen molar-refractivity contribution >= 4 is 17.7 Å². The molecule has 0 radical (unpaired) electrons. The average Bonchev–Trinajstić information content (AvgIpc) is 2.37. The van der Waals surface area contributed by atoms with Gasteiger partial charge in [0.2, 0.25) is 5.78 Å². The summed E-state index contributed by atoms with van der Waals surface area (Å²) in [6.07, 6.45) is 2.75. The van der Waals surface area contributed by atoms with Crippen molar-refractivity contribution in [2.75, 3.05) is 6.54 Å². The van der Waals surface area contributed by atoms with Gasteiger partial charge in [-0.05, 0) is 25.8 Å². The molecule has 0 aliphatic rings. The van der Waals surface area contributed by atoms with E-state index < -0.39 is 23.8 Å². The second-order valence-corrected chi connectivity index (χ2v) is 4.21. The van der Waals surface area contributed by atoms with Crippen LogP contribution in [-0.4, -0.2) is 40.5 Å². The fourth-order valence-corrected chi connectivity index (χ4v) is 1.03. The van der Waals surface area contributed by atoms with E-state index in [0.717, 1.165) is 12.8 Å². The van der Waals surface area contributed by atoms with E-state index in [1.807, 2.05) is 0 Å². The molecule has 2 unspecified atom stereocenters. The lowest BCUT2D eigenvalue weighted by atomic mass is 10.0. The van der Waals surface area contributed by atoms with Crippen LogP contribution in [0.15, 0.2) is 0 Å². The number of carboxylic acid groups (broad SMARTS) is 2. The van der Waals surface area contributed by atoms with E-state index >= 15 is 0 Å². The molecule has 6 N–H and O–H groups in total. The molecule has 7 heteroatoms. The van der Waals surface area contributed by atoms with Crippen molar-refractivity contribution in [1.82, 2.24) is 0 Å². The number of nitrogens with two attached hydrogens (primary N) is 2. The summed E-state index contributed by atoms with van der Waals surface area (Å²) in [5.41, 5.74) is 10.4. The van der Waals surface area contributed by atoms with E-state index in [-0.39, 0.29) is 5.92 Å². The summed E-state index contributed by atoms with van der Waals surface area (Å²) >= 11 is 0. The van der Waals surface area contributed by atoms with Gasteiger partial charge in [-0.2, -0.15) is 0 Å². The van der Waals surface area contributed by atoms with Gasteiger partial charge in [-0.3, -0.25) is 9.59 Å². The van der Waals surface area contributed by atoms with Crippen LogP contribution in [0.25, 0.3) is 0 Å². The highest BCUT2D eigenvalue weighted by Crippen LogP contribution is 2.01. The first-order valence-corrected chi connectivity index (χ1v) is 6.23. The molecule has 2 atom stereocenters. The minimum Gasteiger partial charge on any atom is -0.480 e. The maximum absolute atomic E-state index is 10.5. The van der Waals surface area contributed by atoms with Crippen LogP contribution in [0.5, 0.6) is 0 Å². The zero-order chi connectivity index (χ0) is 15.4. The number of hydrogen-bond donors (Lipinski definition) is 4. The van der Waals surface area contributed by atoms with Gasteiger partial charge in [0, 0.05) is 5.92 Å². The van der Waals surface area contributed by atoms with Gasteiger partial charge in [0.25, 0.3) is 0 Å². The van der Waals surface area contributed by atoms with E-state index in [0.29, 0.717) is 19.4 Å². The highest BCUT2D eigenvalue weighted by Gasteiger charge is 2.17. The Morgan fingerprint density at radius 1 is 1.16 bits per heavy atom. The fourth-order valence-electron chi connectivity index (χ4n) is 1.03. The third-order valence-corrected chi connectivity index (χ3v) is 2.56. The van der Waals surface area contributed by atoms with Crippen molar-refractivity contribution in [1.29, 1.82) is 0 Å². The van der Waals surface area contributed by atoms with E-state index in [4.69, 9.17) is 21.7 Å². The van der Waals surface area contributed by atoms with Gasteiger partial charge in [-0.1, -0.05) is 20.3 Å².